The van der Waals surface area contributed by atoms with Gasteiger partial charge in [0.25, 0.3) is 0 Å². The molecule has 1 heterocycles. The molecule has 3 saturated carbocycles. The molecule has 4 rings (SSSR count). The molecule has 1 unspecified atom stereocenters. The Hall–Kier alpha value is -0.0800. The SMILES string of the molecule is C[C@@H]1CC[C@@H]2C3OC[C@@]4(O)CCC[C@@](C)(CC[C@@H]1C2(C)C)[C@H]34. The molecule has 2 nitrogen and oxygen atoms in total. The van der Waals surface area contributed by atoms with Crippen molar-refractivity contribution in [3.05, 3.63) is 0 Å². The summed E-state index contributed by atoms with van der Waals surface area (Å²) in [5.41, 5.74) is 0.105. The third-order valence-corrected chi connectivity index (χ3v) is 8.50. The van der Waals surface area contributed by atoms with Crippen LogP contribution in [0.2, 0.25) is 0 Å². The lowest BCUT2D eigenvalue weighted by molar-refractivity contribution is -0.141. The molecule has 0 amide bonds. The van der Waals surface area contributed by atoms with Crippen molar-refractivity contribution in [2.24, 2.45) is 34.5 Å². The number of ether oxygens (including phenoxy) is 1. The van der Waals surface area contributed by atoms with Crippen molar-refractivity contribution in [2.75, 3.05) is 6.61 Å². The van der Waals surface area contributed by atoms with Gasteiger partial charge in [-0.3, -0.25) is 0 Å². The van der Waals surface area contributed by atoms with E-state index in [9.17, 15) is 5.11 Å². The smallest absolute Gasteiger partial charge is 0.0938 e. The van der Waals surface area contributed by atoms with Crippen LogP contribution in [0.1, 0.15) is 72.6 Å². The van der Waals surface area contributed by atoms with E-state index >= 15 is 0 Å². The van der Waals surface area contributed by atoms with E-state index in [0.717, 1.165) is 18.3 Å². The third-order valence-electron chi connectivity index (χ3n) is 8.50. The maximum Gasteiger partial charge on any atom is 0.0938 e. The fourth-order valence-electron chi connectivity index (χ4n) is 7.34. The molecule has 3 aliphatic carbocycles. The van der Waals surface area contributed by atoms with Crippen LogP contribution in [0.25, 0.3) is 0 Å². The van der Waals surface area contributed by atoms with E-state index in [2.05, 4.69) is 27.7 Å². The third kappa shape index (κ3) is 1.92. The lowest BCUT2D eigenvalue weighted by Gasteiger charge is -2.58. The molecule has 0 aromatic rings. The predicted molar refractivity (Wildman–Crippen MR) is 88.5 cm³/mol. The van der Waals surface area contributed by atoms with Gasteiger partial charge in [-0.25, -0.2) is 0 Å². The van der Waals surface area contributed by atoms with Gasteiger partial charge in [-0.05, 0) is 67.1 Å². The second-order valence-corrected chi connectivity index (χ2v) is 9.99. The van der Waals surface area contributed by atoms with Gasteiger partial charge in [-0.15, -0.1) is 0 Å². The van der Waals surface area contributed by atoms with Crippen LogP contribution in [-0.4, -0.2) is 23.4 Å². The van der Waals surface area contributed by atoms with Crippen molar-refractivity contribution in [3.63, 3.8) is 0 Å². The van der Waals surface area contributed by atoms with Crippen LogP contribution in [0.3, 0.4) is 0 Å². The van der Waals surface area contributed by atoms with Gasteiger partial charge in [-0.1, -0.05) is 34.1 Å². The molecule has 1 saturated heterocycles. The van der Waals surface area contributed by atoms with E-state index in [1.807, 2.05) is 0 Å². The minimum absolute atomic E-state index is 0.290. The van der Waals surface area contributed by atoms with E-state index in [0.29, 0.717) is 30.0 Å². The fraction of sp³-hybridized carbons (Fsp3) is 1.00. The predicted octanol–water partition coefficient (Wildman–Crippen LogP) is 4.41. The molecule has 126 valence electrons. The van der Waals surface area contributed by atoms with Crippen LogP contribution in [0.4, 0.5) is 0 Å². The Morgan fingerprint density at radius 1 is 0.955 bits per heavy atom. The van der Waals surface area contributed by atoms with Crippen LogP contribution in [0.5, 0.6) is 0 Å². The Morgan fingerprint density at radius 2 is 1.73 bits per heavy atom. The highest BCUT2D eigenvalue weighted by molar-refractivity contribution is 5.12. The molecule has 0 spiro atoms. The summed E-state index contributed by atoms with van der Waals surface area (Å²) >= 11 is 0. The quantitative estimate of drug-likeness (QED) is 0.718. The first-order valence-electron chi connectivity index (χ1n) is 9.62. The summed E-state index contributed by atoms with van der Waals surface area (Å²) in [6, 6.07) is 0. The summed E-state index contributed by atoms with van der Waals surface area (Å²) in [5, 5.41) is 11.3. The number of aliphatic hydroxyl groups is 1. The van der Waals surface area contributed by atoms with E-state index in [4.69, 9.17) is 4.74 Å². The van der Waals surface area contributed by atoms with Crippen molar-refractivity contribution < 1.29 is 9.84 Å². The molecule has 4 aliphatic rings. The zero-order valence-corrected chi connectivity index (χ0v) is 14.9. The van der Waals surface area contributed by atoms with Crippen molar-refractivity contribution >= 4 is 0 Å². The second-order valence-electron chi connectivity index (χ2n) is 9.99. The van der Waals surface area contributed by atoms with E-state index < -0.39 is 5.60 Å². The number of hydrogen-bond acceptors (Lipinski definition) is 2. The highest BCUT2D eigenvalue weighted by atomic mass is 16.5. The zero-order valence-electron chi connectivity index (χ0n) is 14.9. The van der Waals surface area contributed by atoms with Gasteiger partial charge >= 0.3 is 0 Å². The fourth-order valence-corrected chi connectivity index (χ4v) is 7.34. The average Bonchev–Trinajstić information content (AvgIpc) is 2.76. The lowest BCUT2D eigenvalue weighted by atomic mass is 9.47. The van der Waals surface area contributed by atoms with Gasteiger partial charge < -0.3 is 9.84 Å². The van der Waals surface area contributed by atoms with Crippen molar-refractivity contribution in [3.8, 4) is 0 Å². The first kappa shape index (κ1) is 15.4. The summed E-state index contributed by atoms with van der Waals surface area (Å²) in [7, 11) is 0. The molecule has 1 aliphatic heterocycles. The van der Waals surface area contributed by atoms with Crippen LogP contribution in [0, 0.1) is 34.5 Å². The van der Waals surface area contributed by atoms with Crippen LogP contribution in [-0.2, 0) is 4.74 Å². The van der Waals surface area contributed by atoms with Gasteiger partial charge in [-0.2, -0.15) is 0 Å². The molecule has 2 bridgehead atoms. The van der Waals surface area contributed by atoms with Crippen molar-refractivity contribution in [1.29, 1.82) is 0 Å². The summed E-state index contributed by atoms with van der Waals surface area (Å²) in [5.74, 6) is 2.66. The number of rotatable bonds is 0. The Morgan fingerprint density at radius 3 is 2.50 bits per heavy atom. The Kier molecular flexibility index (Phi) is 3.32. The van der Waals surface area contributed by atoms with Gasteiger partial charge in [0, 0.05) is 5.92 Å². The minimum Gasteiger partial charge on any atom is -0.387 e. The minimum atomic E-state index is -0.538. The van der Waals surface area contributed by atoms with Gasteiger partial charge in [0.05, 0.1) is 18.3 Å². The van der Waals surface area contributed by atoms with Crippen LogP contribution < -0.4 is 0 Å². The molecule has 22 heavy (non-hydrogen) atoms. The summed E-state index contributed by atoms with van der Waals surface area (Å²) in [6.45, 7) is 10.5. The molecule has 7 atom stereocenters. The summed E-state index contributed by atoms with van der Waals surface area (Å²) in [6.07, 6.45) is 8.98. The summed E-state index contributed by atoms with van der Waals surface area (Å²) in [4.78, 5) is 0. The monoisotopic (exact) mass is 306 g/mol. The van der Waals surface area contributed by atoms with E-state index in [1.54, 1.807) is 0 Å². The molecular weight excluding hydrogens is 272 g/mol. The van der Waals surface area contributed by atoms with Gasteiger partial charge in [0.1, 0.15) is 0 Å². The lowest BCUT2D eigenvalue weighted by Crippen LogP contribution is -2.58. The molecular formula is C20H34O2. The van der Waals surface area contributed by atoms with Gasteiger partial charge in [0.15, 0.2) is 0 Å². The van der Waals surface area contributed by atoms with Crippen LogP contribution in [0.15, 0.2) is 0 Å². The first-order valence-corrected chi connectivity index (χ1v) is 9.62. The maximum absolute atomic E-state index is 11.3. The largest absolute Gasteiger partial charge is 0.387 e. The molecule has 4 fully saturated rings. The molecule has 0 aromatic heterocycles. The molecule has 2 heteroatoms. The number of fused-ring (bicyclic) bond motifs is 3. The van der Waals surface area contributed by atoms with Gasteiger partial charge in [0.2, 0.25) is 0 Å². The zero-order chi connectivity index (χ0) is 15.8. The maximum atomic E-state index is 11.3. The normalized spacial score (nSPS) is 56.9. The van der Waals surface area contributed by atoms with Crippen LogP contribution >= 0.6 is 0 Å². The average molecular weight is 306 g/mol. The molecule has 0 aromatic carbocycles. The Bertz CT molecular complexity index is 459. The molecule has 0 radical (unpaired) electrons. The second kappa shape index (κ2) is 4.72. The van der Waals surface area contributed by atoms with E-state index in [-0.39, 0.29) is 5.41 Å². The standard InChI is InChI=1S/C20H34O2/c1-13-6-7-15-16-17-19(4,11-8-14(13)18(15,2)3)9-5-10-20(17,21)12-22-16/h13-17,21H,5-12H2,1-4H3/t13-,14+,15-,16?,17+,19+,20+/m1/s1. The summed E-state index contributed by atoms with van der Waals surface area (Å²) < 4.78 is 6.38. The van der Waals surface area contributed by atoms with Crippen molar-refractivity contribution in [1.82, 2.24) is 0 Å². The van der Waals surface area contributed by atoms with E-state index in [1.165, 1.54) is 38.5 Å². The number of hydrogen-bond donors (Lipinski definition) is 1. The topological polar surface area (TPSA) is 29.5 Å². The Balaban J connectivity index is 1.78. The highest BCUT2D eigenvalue weighted by Crippen LogP contribution is 2.63. The Labute approximate surface area is 136 Å². The van der Waals surface area contributed by atoms with Crippen molar-refractivity contribution in [2.45, 2.75) is 84.3 Å². The molecule has 1 N–H and O–H groups in total. The first-order chi connectivity index (χ1) is 10.3. The highest BCUT2D eigenvalue weighted by Gasteiger charge is 2.63.